The van der Waals surface area contributed by atoms with Crippen LogP contribution in [0, 0.1) is 0 Å². The average molecular weight is 297 g/mol. The van der Waals surface area contributed by atoms with Crippen molar-refractivity contribution in [3.8, 4) is 11.5 Å². The maximum atomic E-state index is 12.0. The average Bonchev–Trinajstić information content (AvgIpc) is 3.14. The molecule has 1 unspecified atom stereocenters. The summed E-state index contributed by atoms with van der Waals surface area (Å²) in [4.78, 5) is 14.1. The van der Waals surface area contributed by atoms with E-state index in [1.54, 1.807) is 6.07 Å². The number of hydrogen-bond donors (Lipinski definition) is 0. The number of hydrogen-bond acceptors (Lipinski definition) is 5. The molecule has 0 amide bonds. The second kappa shape index (κ2) is 4.94. The van der Waals surface area contributed by atoms with E-state index in [2.05, 4.69) is 0 Å². The van der Waals surface area contributed by atoms with Gasteiger partial charge in [0.1, 0.15) is 0 Å². The first kappa shape index (κ1) is 13.0. The number of benzene rings is 2. The van der Waals surface area contributed by atoms with Gasteiger partial charge in [-0.3, -0.25) is 0 Å². The highest BCUT2D eigenvalue weighted by Gasteiger charge is 2.35. The third-order valence-electron chi connectivity index (χ3n) is 3.98. The minimum absolute atomic E-state index is 0.242. The van der Waals surface area contributed by atoms with Gasteiger partial charge in [0.15, 0.2) is 11.5 Å². The summed E-state index contributed by atoms with van der Waals surface area (Å²) in [6, 6.07) is 13.2. The van der Waals surface area contributed by atoms with E-state index in [-0.39, 0.29) is 12.8 Å². The monoisotopic (exact) mass is 297 g/mol. The molecule has 2 aromatic carbocycles. The van der Waals surface area contributed by atoms with Crippen molar-refractivity contribution in [2.24, 2.45) is 0 Å². The maximum absolute atomic E-state index is 12.0. The Morgan fingerprint density at radius 2 is 1.95 bits per heavy atom. The predicted octanol–water partition coefficient (Wildman–Crippen LogP) is 3.11. The maximum Gasteiger partial charge on any atom is 0.340 e. The Morgan fingerprint density at radius 1 is 1.14 bits per heavy atom. The molecule has 0 aliphatic carbocycles. The lowest BCUT2D eigenvalue weighted by Gasteiger charge is -2.29. The Balaban J connectivity index is 1.73. The topological polar surface area (TPSA) is 48.0 Å². The third-order valence-corrected chi connectivity index (χ3v) is 3.98. The molecule has 0 N–H and O–H groups in total. The molecule has 22 heavy (non-hydrogen) atoms. The third kappa shape index (κ3) is 1.89. The molecule has 4 rings (SSSR count). The van der Waals surface area contributed by atoms with Crippen LogP contribution in [0.5, 0.6) is 11.5 Å². The first-order valence-corrected chi connectivity index (χ1v) is 7.24. The van der Waals surface area contributed by atoms with Crippen molar-refractivity contribution in [2.75, 3.05) is 18.2 Å². The van der Waals surface area contributed by atoms with Crippen LogP contribution in [0.25, 0.3) is 0 Å². The number of ether oxygens (including phenoxy) is 3. The number of cyclic esters (lactones) is 1. The summed E-state index contributed by atoms with van der Waals surface area (Å²) in [5.41, 5.74) is 2.46. The second-order valence-electron chi connectivity index (χ2n) is 5.17. The van der Waals surface area contributed by atoms with E-state index in [1.165, 1.54) is 0 Å². The number of carbonyl (C=O) groups excluding carboxylic acids is 1. The minimum Gasteiger partial charge on any atom is -0.454 e. The summed E-state index contributed by atoms with van der Waals surface area (Å²) < 4.78 is 16.3. The van der Waals surface area contributed by atoms with Crippen molar-refractivity contribution in [2.45, 2.75) is 13.2 Å². The van der Waals surface area contributed by atoms with Gasteiger partial charge in [-0.15, -0.1) is 0 Å². The fourth-order valence-corrected chi connectivity index (χ4v) is 2.91. The number of carbonyl (C=O) groups is 1. The van der Waals surface area contributed by atoms with Gasteiger partial charge in [0.05, 0.1) is 5.56 Å². The van der Waals surface area contributed by atoms with Gasteiger partial charge >= 0.3 is 5.97 Å². The number of anilines is 1. The fourth-order valence-electron chi connectivity index (χ4n) is 2.91. The number of esters is 1. The predicted molar refractivity (Wildman–Crippen MR) is 80.2 cm³/mol. The van der Waals surface area contributed by atoms with Crippen molar-refractivity contribution < 1.29 is 19.0 Å². The number of nitrogens with zero attached hydrogens (tertiary/aromatic N) is 1. The molecule has 0 saturated carbocycles. The van der Waals surface area contributed by atoms with E-state index in [4.69, 9.17) is 14.2 Å². The van der Waals surface area contributed by atoms with Crippen molar-refractivity contribution >= 4 is 11.7 Å². The molecule has 5 heteroatoms. The molecule has 0 aromatic heterocycles. The van der Waals surface area contributed by atoms with E-state index in [0.717, 1.165) is 17.0 Å². The summed E-state index contributed by atoms with van der Waals surface area (Å²) >= 11 is 0. The standard InChI is InChI=1S/C17H15NO4/c1-2-18(11-7-8-14-15(9-11)21-10-20-14)16-12-5-3-4-6-13(12)17(19)22-16/h3-9,16H,2,10H2,1H3. The SMILES string of the molecule is CCN(c1ccc2c(c1)OCO2)C1OC(=O)c2ccccc21. The Hall–Kier alpha value is -2.69. The molecule has 112 valence electrons. The lowest BCUT2D eigenvalue weighted by molar-refractivity contribution is 0.0380. The van der Waals surface area contributed by atoms with E-state index >= 15 is 0 Å². The number of rotatable bonds is 3. The molecule has 0 spiro atoms. The second-order valence-corrected chi connectivity index (χ2v) is 5.17. The molecule has 0 saturated heterocycles. The van der Waals surface area contributed by atoms with Crippen LogP contribution in [0.2, 0.25) is 0 Å². The van der Waals surface area contributed by atoms with Crippen molar-refractivity contribution in [3.05, 3.63) is 53.6 Å². The van der Waals surface area contributed by atoms with Gasteiger partial charge in [-0.05, 0) is 25.1 Å². The Bertz CT molecular complexity index is 743. The zero-order chi connectivity index (χ0) is 15.1. The normalized spacial score (nSPS) is 18.0. The van der Waals surface area contributed by atoms with Crippen LogP contribution in [-0.4, -0.2) is 19.3 Å². The smallest absolute Gasteiger partial charge is 0.340 e. The van der Waals surface area contributed by atoms with Crippen molar-refractivity contribution in [3.63, 3.8) is 0 Å². The van der Waals surface area contributed by atoms with E-state index < -0.39 is 6.23 Å². The van der Waals surface area contributed by atoms with Gasteiger partial charge in [0.25, 0.3) is 0 Å². The van der Waals surface area contributed by atoms with Gasteiger partial charge in [-0.2, -0.15) is 0 Å². The largest absolute Gasteiger partial charge is 0.454 e. The molecule has 2 heterocycles. The van der Waals surface area contributed by atoms with Crippen LogP contribution in [0.3, 0.4) is 0 Å². The molecule has 0 fully saturated rings. The van der Waals surface area contributed by atoms with Gasteiger partial charge in [-0.25, -0.2) is 4.79 Å². The van der Waals surface area contributed by atoms with Crippen LogP contribution < -0.4 is 14.4 Å². The molecule has 5 nitrogen and oxygen atoms in total. The van der Waals surface area contributed by atoms with Gasteiger partial charge in [-0.1, -0.05) is 18.2 Å². The molecule has 1 atom stereocenters. The zero-order valence-electron chi connectivity index (χ0n) is 12.1. The molecular weight excluding hydrogens is 282 g/mol. The quantitative estimate of drug-likeness (QED) is 0.815. The molecule has 2 aromatic rings. The Morgan fingerprint density at radius 3 is 2.82 bits per heavy atom. The highest BCUT2D eigenvalue weighted by molar-refractivity contribution is 5.94. The van der Waals surface area contributed by atoms with Crippen LogP contribution in [0.4, 0.5) is 5.69 Å². The summed E-state index contributed by atoms with van der Waals surface area (Å²) in [6.07, 6.45) is -0.408. The molecular formula is C17H15NO4. The lowest BCUT2D eigenvalue weighted by Crippen LogP contribution is -2.28. The highest BCUT2D eigenvalue weighted by atomic mass is 16.7. The number of fused-ring (bicyclic) bond motifs is 2. The summed E-state index contributed by atoms with van der Waals surface area (Å²) in [5, 5.41) is 0. The molecule has 0 bridgehead atoms. The van der Waals surface area contributed by atoms with E-state index in [1.807, 2.05) is 48.2 Å². The summed E-state index contributed by atoms with van der Waals surface area (Å²) in [7, 11) is 0. The van der Waals surface area contributed by atoms with Gasteiger partial charge in [0.2, 0.25) is 13.0 Å². The fraction of sp³-hybridized carbons (Fsp3) is 0.235. The van der Waals surface area contributed by atoms with Crippen molar-refractivity contribution in [1.82, 2.24) is 0 Å². The molecule has 0 radical (unpaired) electrons. The summed E-state index contributed by atoms with van der Waals surface area (Å²) in [5.74, 6) is 1.18. The van der Waals surface area contributed by atoms with Crippen LogP contribution >= 0.6 is 0 Å². The lowest BCUT2D eigenvalue weighted by atomic mass is 10.1. The van der Waals surface area contributed by atoms with Crippen LogP contribution in [0.15, 0.2) is 42.5 Å². The van der Waals surface area contributed by atoms with E-state index in [9.17, 15) is 4.79 Å². The van der Waals surface area contributed by atoms with Crippen LogP contribution in [0.1, 0.15) is 29.1 Å². The van der Waals surface area contributed by atoms with Gasteiger partial charge in [0, 0.05) is 23.9 Å². The summed E-state index contributed by atoms with van der Waals surface area (Å²) in [6.45, 7) is 2.97. The van der Waals surface area contributed by atoms with Crippen molar-refractivity contribution in [1.29, 1.82) is 0 Å². The zero-order valence-corrected chi connectivity index (χ0v) is 12.1. The minimum atomic E-state index is -0.408. The first-order chi connectivity index (χ1) is 10.8. The van der Waals surface area contributed by atoms with E-state index in [0.29, 0.717) is 17.9 Å². The Labute approximate surface area is 128 Å². The van der Waals surface area contributed by atoms with Crippen LogP contribution in [-0.2, 0) is 4.74 Å². The molecule has 2 aliphatic heterocycles. The van der Waals surface area contributed by atoms with Gasteiger partial charge < -0.3 is 19.1 Å². The highest BCUT2D eigenvalue weighted by Crippen LogP contribution is 2.40. The molecule has 2 aliphatic rings. The Kier molecular flexibility index (Phi) is 2.92. The first-order valence-electron chi connectivity index (χ1n) is 7.24.